The van der Waals surface area contributed by atoms with Gasteiger partial charge >= 0.3 is 5.63 Å². The van der Waals surface area contributed by atoms with Crippen molar-refractivity contribution in [3.05, 3.63) is 52.4 Å². The average molecular weight is 283 g/mol. The first-order valence-corrected chi connectivity index (χ1v) is 6.84. The topological polar surface area (TPSA) is 53.7 Å². The number of hydrogen-bond acceptors (Lipinski definition) is 4. The molecule has 0 bridgehead atoms. The molecule has 1 N–H and O–H groups in total. The van der Waals surface area contributed by atoms with E-state index in [1.54, 1.807) is 18.2 Å². The minimum Gasteiger partial charge on any atom is -0.507 e. The predicted octanol–water partition coefficient (Wildman–Crippen LogP) is 3.27. The standard InChI is InChI=1S/C17H17NO3/c1-10(18(2)3)11-8-14(19)16-12-6-4-5-7-13(12)17(20)21-15(16)9-11/h4-10,19H,1-3H3/t10-/m1/s1. The monoisotopic (exact) mass is 283 g/mol. The van der Waals surface area contributed by atoms with E-state index in [1.165, 1.54) is 0 Å². The van der Waals surface area contributed by atoms with Gasteiger partial charge in [0.15, 0.2) is 0 Å². The SMILES string of the molecule is C[C@H](c1cc(O)c2c(c1)oc(=O)c1ccccc12)N(C)C. The lowest BCUT2D eigenvalue weighted by molar-refractivity contribution is 0.320. The van der Waals surface area contributed by atoms with Crippen LogP contribution < -0.4 is 5.63 Å². The van der Waals surface area contributed by atoms with Crippen LogP contribution in [0, 0.1) is 0 Å². The molecule has 3 aromatic rings. The van der Waals surface area contributed by atoms with Crippen molar-refractivity contribution in [3.63, 3.8) is 0 Å². The van der Waals surface area contributed by atoms with Gasteiger partial charge in [-0.25, -0.2) is 4.79 Å². The van der Waals surface area contributed by atoms with Crippen molar-refractivity contribution < 1.29 is 9.52 Å². The summed E-state index contributed by atoms with van der Waals surface area (Å²) in [7, 11) is 3.92. The molecule has 0 aliphatic rings. The quantitative estimate of drug-likeness (QED) is 0.579. The maximum Gasteiger partial charge on any atom is 0.344 e. The Morgan fingerprint density at radius 3 is 2.48 bits per heavy atom. The van der Waals surface area contributed by atoms with E-state index in [4.69, 9.17) is 4.42 Å². The second-order valence-corrected chi connectivity index (χ2v) is 5.49. The average Bonchev–Trinajstić information content (AvgIpc) is 2.46. The van der Waals surface area contributed by atoms with Crippen LogP contribution in [0.25, 0.3) is 21.7 Å². The van der Waals surface area contributed by atoms with Gasteiger partial charge in [-0.3, -0.25) is 0 Å². The minimum absolute atomic E-state index is 0.108. The number of hydrogen-bond donors (Lipinski definition) is 1. The summed E-state index contributed by atoms with van der Waals surface area (Å²) in [6.07, 6.45) is 0. The highest BCUT2D eigenvalue weighted by Crippen LogP contribution is 2.34. The van der Waals surface area contributed by atoms with Crippen molar-refractivity contribution in [2.75, 3.05) is 14.1 Å². The van der Waals surface area contributed by atoms with Crippen molar-refractivity contribution in [2.24, 2.45) is 0 Å². The Labute approximate surface area is 122 Å². The van der Waals surface area contributed by atoms with Gasteiger partial charge in [0.25, 0.3) is 0 Å². The summed E-state index contributed by atoms with van der Waals surface area (Å²) in [6, 6.07) is 10.8. The van der Waals surface area contributed by atoms with E-state index in [-0.39, 0.29) is 17.4 Å². The third-order valence-electron chi connectivity index (χ3n) is 3.98. The molecule has 108 valence electrons. The molecule has 21 heavy (non-hydrogen) atoms. The molecule has 0 radical (unpaired) electrons. The molecule has 4 nitrogen and oxygen atoms in total. The van der Waals surface area contributed by atoms with Gasteiger partial charge in [-0.05, 0) is 44.8 Å². The Morgan fingerprint density at radius 2 is 1.81 bits per heavy atom. The van der Waals surface area contributed by atoms with Crippen LogP contribution in [0.3, 0.4) is 0 Å². The molecule has 4 heteroatoms. The van der Waals surface area contributed by atoms with Crippen molar-refractivity contribution in [1.82, 2.24) is 4.90 Å². The number of phenolic OH excluding ortho intramolecular Hbond substituents is 1. The zero-order chi connectivity index (χ0) is 15.1. The van der Waals surface area contributed by atoms with Gasteiger partial charge in [0.05, 0.1) is 10.8 Å². The second-order valence-electron chi connectivity index (χ2n) is 5.49. The van der Waals surface area contributed by atoms with Gasteiger partial charge in [-0.1, -0.05) is 18.2 Å². The molecule has 2 aromatic carbocycles. The van der Waals surface area contributed by atoms with Gasteiger partial charge in [-0.15, -0.1) is 0 Å². The molecular formula is C17H17NO3. The summed E-state index contributed by atoms with van der Waals surface area (Å²) < 4.78 is 5.39. The number of benzene rings is 2. The molecule has 1 atom stereocenters. The van der Waals surface area contributed by atoms with Crippen LogP contribution in [-0.4, -0.2) is 24.1 Å². The predicted molar refractivity (Wildman–Crippen MR) is 83.8 cm³/mol. The van der Waals surface area contributed by atoms with E-state index in [1.807, 2.05) is 44.1 Å². The Bertz CT molecular complexity index is 880. The zero-order valence-electron chi connectivity index (χ0n) is 12.3. The summed E-state index contributed by atoms with van der Waals surface area (Å²) in [4.78, 5) is 14.1. The fourth-order valence-corrected chi connectivity index (χ4v) is 2.55. The smallest absolute Gasteiger partial charge is 0.344 e. The molecular weight excluding hydrogens is 266 g/mol. The molecule has 1 aromatic heterocycles. The Morgan fingerprint density at radius 1 is 1.14 bits per heavy atom. The Kier molecular flexibility index (Phi) is 3.18. The summed E-state index contributed by atoms with van der Waals surface area (Å²) in [6.45, 7) is 2.03. The maximum atomic E-state index is 12.1. The van der Waals surface area contributed by atoms with E-state index in [2.05, 4.69) is 0 Å². The van der Waals surface area contributed by atoms with Crippen LogP contribution in [0.15, 0.2) is 45.6 Å². The number of aromatic hydroxyl groups is 1. The lowest BCUT2D eigenvalue weighted by Crippen LogP contribution is -2.16. The molecule has 1 heterocycles. The van der Waals surface area contributed by atoms with Crippen molar-refractivity contribution >= 4 is 21.7 Å². The lowest BCUT2D eigenvalue weighted by Gasteiger charge is -2.20. The number of fused-ring (bicyclic) bond motifs is 3. The van der Waals surface area contributed by atoms with Crippen LogP contribution >= 0.6 is 0 Å². The van der Waals surface area contributed by atoms with E-state index in [0.29, 0.717) is 21.7 Å². The molecule has 0 unspecified atom stereocenters. The first kappa shape index (κ1) is 13.6. The first-order chi connectivity index (χ1) is 9.99. The van der Waals surface area contributed by atoms with E-state index in [9.17, 15) is 9.90 Å². The molecule has 0 spiro atoms. The minimum atomic E-state index is -0.382. The summed E-state index contributed by atoms with van der Waals surface area (Å²) >= 11 is 0. The highest BCUT2D eigenvalue weighted by Gasteiger charge is 2.15. The van der Waals surface area contributed by atoms with Crippen LogP contribution in [0.2, 0.25) is 0 Å². The molecule has 0 fully saturated rings. The fraction of sp³-hybridized carbons (Fsp3) is 0.235. The normalized spacial score (nSPS) is 13.1. The van der Waals surface area contributed by atoms with Crippen molar-refractivity contribution in [2.45, 2.75) is 13.0 Å². The molecule has 3 rings (SSSR count). The van der Waals surface area contributed by atoms with E-state index >= 15 is 0 Å². The van der Waals surface area contributed by atoms with Crippen molar-refractivity contribution in [3.8, 4) is 5.75 Å². The van der Waals surface area contributed by atoms with Gasteiger partial charge < -0.3 is 14.4 Å². The Balaban J connectivity index is 2.40. The van der Waals surface area contributed by atoms with Gasteiger partial charge in [-0.2, -0.15) is 0 Å². The van der Waals surface area contributed by atoms with E-state index < -0.39 is 0 Å². The summed E-state index contributed by atoms with van der Waals surface area (Å²) in [5.41, 5.74) is 0.943. The zero-order valence-corrected chi connectivity index (χ0v) is 12.3. The third kappa shape index (κ3) is 2.17. The molecule has 0 aliphatic carbocycles. The van der Waals surface area contributed by atoms with Gasteiger partial charge in [0.1, 0.15) is 11.3 Å². The van der Waals surface area contributed by atoms with Crippen LogP contribution in [-0.2, 0) is 0 Å². The number of phenols is 1. The highest BCUT2D eigenvalue weighted by atomic mass is 16.4. The fourth-order valence-electron chi connectivity index (χ4n) is 2.55. The molecule has 0 saturated heterocycles. The molecule has 0 amide bonds. The van der Waals surface area contributed by atoms with Crippen molar-refractivity contribution in [1.29, 1.82) is 0 Å². The third-order valence-corrected chi connectivity index (χ3v) is 3.98. The van der Waals surface area contributed by atoms with Gasteiger partial charge in [0, 0.05) is 11.4 Å². The first-order valence-electron chi connectivity index (χ1n) is 6.84. The summed E-state index contributed by atoms with van der Waals surface area (Å²) in [5.74, 6) is 0.135. The number of rotatable bonds is 2. The van der Waals surface area contributed by atoms with Crippen LogP contribution in [0.1, 0.15) is 18.5 Å². The van der Waals surface area contributed by atoms with Gasteiger partial charge in [0.2, 0.25) is 0 Å². The maximum absolute atomic E-state index is 12.1. The summed E-state index contributed by atoms with van der Waals surface area (Å²) in [5, 5.41) is 12.2. The largest absolute Gasteiger partial charge is 0.507 e. The second kappa shape index (κ2) is 4.90. The Hall–Kier alpha value is -2.33. The molecule has 0 saturated carbocycles. The van der Waals surface area contributed by atoms with E-state index in [0.717, 1.165) is 5.56 Å². The molecule has 0 aliphatic heterocycles. The number of nitrogens with zero attached hydrogens (tertiary/aromatic N) is 1. The van der Waals surface area contributed by atoms with Crippen LogP contribution in [0.5, 0.6) is 5.75 Å². The lowest BCUT2D eigenvalue weighted by atomic mass is 10.0. The highest BCUT2D eigenvalue weighted by molar-refractivity contribution is 6.07. The van der Waals surface area contributed by atoms with Crippen LogP contribution in [0.4, 0.5) is 0 Å².